The van der Waals surface area contributed by atoms with E-state index in [1.807, 2.05) is 14.1 Å². The maximum atomic E-state index is 11.6. The van der Waals surface area contributed by atoms with Crippen molar-refractivity contribution in [1.29, 1.82) is 0 Å². The van der Waals surface area contributed by atoms with Crippen LogP contribution in [0, 0.1) is 11.8 Å². The molecular weight excluding hydrogens is 150 g/mol. The molecule has 72 valence electrons. The van der Waals surface area contributed by atoms with Crippen molar-refractivity contribution in [3.8, 4) is 0 Å². The van der Waals surface area contributed by atoms with E-state index >= 15 is 0 Å². The van der Waals surface area contributed by atoms with E-state index in [1.165, 1.54) is 0 Å². The smallest absolute Gasteiger partial charge is 0.225 e. The molecule has 2 nitrogen and oxygen atoms in total. The number of hydrogen-bond acceptors (Lipinski definition) is 1. The lowest BCUT2D eigenvalue weighted by Gasteiger charge is -2.23. The normalized spacial score (nSPS) is 15.4. The Balaban J connectivity index is 4.24. The van der Waals surface area contributed by atoms with Crippen LogP contribution >= 0.6 is 0 Å². The highest BCUT2D eigenvalue weighted by atomic mass is 16.2. The van der Waals surface area contributed by atoms with Gasteiger partial charge in [0.2, 0.25) is 5.91 Å². The summed E-state index contributed by atoms with van der Waals surface area (Å²) in [6.07, 6.45) is 2.03. The zero-order valence-corrected chi connectivity index (χ0v) is 8.92. The lowest BCUT2D eigenvalue weighted by molar-refractivity contribution is -0.134. The third-order valence-electron chi connectivity index (χ3n) is 2.53. The number of carbonyl (C=O) groups excluding carboxylic acids is 1. The molecule has 0 aromatic rings. The minimum absolute atomic E-state index is 0.213. The van der Waals surface area contributed by atoms with Gasteiger partial charge in [-0.15, -0.1) is 0 Å². The first-order valence-electron chi connectivity index (χ1n) is 4.75. The molecule has 2 heteroatoms. The lowest BCUT2D eigenvalue weighted by Crippen LogP contribution is -2.32. The fourth-order valence-corrected chi connectivity index (χ4v) is 1.44. The van der Waals surface area contributed by atoms with Gasteiger partial charge in [0.25, 0.3) is 0 Å². The second-order valence-electron chi connectivity index (χ2n) is 3.63. The first-order valence-corrected chi connectivity index (χ1v) is 4.75. The summed E-state index contributed by atoms with van der Waals surface area (Å²) in [6, 6.07) is 0. The van der Waals surface area contributed by atoms with E-state index < -0.39 is 0 Å². The number of amides is 1. The van der Waals surface area contributed by atoms with Crippen LogP contribution in [0.4, 0.5) is 0 Å². The molecule has 1 unspecified atom stereocenters. The van der Waals surface area contributed by atoms with Crippen LogP contribution in [0.5, 0.6) is 0 Å². The number of nitrogens with zero attached hydrogens (tertiary/aromatic N) is 1. The molecule has 2 atom stereocenters. The van der Waals surface area contributed by atoms with Crippen molar-refractivity contribution in [3.63, 3.8) is 0 Å². The van der Waals surface area contributed by atoms with Gasteiger partial charge >= 0.3 is 0 Å². The Morgan fingerprint density at radius 1 is 1.25 bits per heavy atom. The highest BCUT2D eigenvalue weighted by Gasteiger charge is 2.22. The second kappa shape index (κ2) is 5.18. The van der Waals surface area contributed by atoms with Gasteiger partial charge in [-0.25, -0.2) is 0 Å². The van der Waals surface area contributed by atoms with Gasteiger partial charge in [0, 0.05) is 20.0 Å². The summed E-state index contributed by atoms with van der Waals surface area (Å²) >= 11 is 0. The molecule has 0 saturated heterocycles. The first-order chi connectivity index (χ1) is 5.54. The standard InChI is InChI=1S/C10H21NO/c1-6-8(3)9(7-2)10(12)11(4)5/h8-9H,6-7H2,1-5H3/t8?,9-/m0/s1. The molecule has 0 radical (unpaired) electrons. The molecule has 0 aliphatic carbocycles. The molecule has 0 aromatic heterocycles. The summed E-state index contributed by atoms with van der Waals surface area (Å²) in [6.45, 7) is 6.37. The highest BCUT2D eigenvalue weighted by molar-refractivity contribution is 5.78. The van der Waals surface area contributed by atoms with Crippen LogP contribution < -0.4 is 0 Å². The molecule has 0 aliphatic rings. The molecule has 1 amide bonds. The van der Waals surface area contributed by atoms with E-state index in [9.17, 15) is 4.79 Å². The summed E-state index contributed by atoms with van der Waals surface area (Å²) in [7, 11) is 3.65. The molecule has 0 spiro atoms. The van der Waals surface area contributed by atoms with Crippen molar-refractivity contribution < 1.29 is 4.79 Å². The molecular formula is C10H21NO. The SMILES string of the molecule is CCC(C)[C@H](CC)C(=O)N(C)C. The molecule has 0 aliphatic heterocycles. The molecule has 0 rings (SSSR count). The van der Waals surface area contributed by atoms with Gasteiger partial charge in [-0.3, -0.25) is 4.79 Å². The Bertz CT molecular complexity index is 143. The summed E-state index contributed by atoms with van der Waals surface area (Å²) in [5.41, 5.74) is 0. The van der Waals surface area contributed by atoms with Crippen molar-refractivity contribution in [2.24, 2.45) is 11.8 Å². The third-order valence-corrected chi connectivity index (χ3v) is 2.53. The number of hydrogen-bond donors (Lipinski definition) is 0. The van der Waals surface area contributed by atoms with Crippen LogP contribution in [0.15, 0.2) is 0 Å². The summed E-state index contributed by atoms with van der Waals surface area (Å²) in [4.78, 5) is 13.3. The first kappa shape index (κ1) is 11.5. The van der Waals surface area contributed by atoms with Crippen LogP contribution in [0.2, 0.25) is 0 Å². The highest BCUT2D eigenvalue weighted by Crippen LogP contribution is 2.20. The van der Waals surface area contributed by atoms with E-state index in [0.29, 0.717) is 5.92 Å². The molecule has 12 heavy (non-hydrogen) atoms. The van der Waals surface area contributed by atoms with Crippen LogP contribution in [-0.4, -0.2) is 24.9 Å². The summed E-state index contributed by atoms with van der Waals surface area (Å²) in [5.74, 6) is 0.988. The molecule has 0 N–H and O–H groups in total. The molecule has 0 bridgehead atoms. The summed E-state index contributed by atoms with van der Waals surface area (Å²) in [5, 5.41) is 0. The van der Waals surface area contributed by atoms with Crippen molar-refractivity contribution in [1.82, 2.24) is 4.90 Å². The molecule has 0 saturated carbocycles. The zero-order chi connectivity index (χ0) is 9.72. The van der Waals surface area contributed by atoms with Crippen LogP contribution in [-0.2, 0) is 4.79 Å². The number of carbonyl (C=O) groups is 1. The van der Waals surface area contributed by atoms with Crippen molar-refractivity contribution in [2.75, 3.05) is 14.1 Å². The fourth-order valence-electron chi connectivity index (χ4n) is 1.44. The van der Waals surface area contributed by atoms with Gasteiger partial charge in [-0.05, 0) is 12.3 Å². The Hall–Kier alpha value is -0.530. The van der Waals surface area contributed by atoms with Gasteiger partial charge in [-0.1, -0.05) is 27.2 Å². The Morgan fingerprint density at radius 3 is 2.00 bits per heavy atom. The van der Waals surface area contributed by atoms with Crippen LogP contribution in [0.1, 0.15) is 33.6 Å². The van der Waals surface area contributed by atoms with Gasteiger partial charge in [0.1, 0.15) is 0 Å². The van der Waals surface area contributed by atoms with Gasteiger partial charge < -0.3 is 4.90 Å². The zero-order valence-electron chi connectivity index (χ0n) is 8.92. The molecule has 0 fully saturated rings. The van der Waals surface area contributed by atoms with Crippen molar-refractivity contribution in [3.05, 3.63) is 0 Å². The van der Waals surface area contributed by atoms with Crippen molar-refractivity contribution in [2.45, 2.75) is 33.6 Å². The minimum atomic E-state index is 0.213. The predicted molar refractivity (Wildman–Crippen MR) is 51.9 cm³/mol. The third kappa shape index (κ3) is 2.84. The minimum Gasteiger partial charge on any atom is -0.349 e. The van der Waals surface area contributed by atoms with Crippen LogP contribution in [0.25, 0.3) is 0 Å². The van der Waals surface area contributed by atoms with E-state index in [0.717, 1.165) is 12.8 Å². The second-order valence-corrected chi connectivity index (χ2v) is 3.63. The van der Waals surface area contributed by atoms with E-state index in [4.69, 9.17) is 0 Å². The Morgan fingerprint density at radius 2 is 1.75 bits per heavy atom. The van der Waals surface area contributed by atoms with Gasteiger partial charge in [-0.2, -0.15) is 0 Å². The average Bonchev–Trinajstić information content (AvgIpc) is 2.05. The molecule has 0 aromatic carbocycles. The average molecular weight is 171 g/mol. The van der Waals surface area contributed by atoms with E-state index in [1.54, 1.807) is 4.90 Å². The Labute approximate surface area is 75.9 Å². The van der Waals surface area contributed by atoms with E-state index in [-0.39, 0.29) is 11.8 Å². The van der Waals surface area contributed by atoms with Crippen molar-refractivity contribution >= 4 is 5.91 Å². The predicted octanol–water partition coefficient (Wildman–Crippen LogP) is 2.15. The summed E-state index contributed by atoms with van der Waals surface area (Å²) < 4.78 is 0. The maximum absolute atomic E-state index is 11.6. The largest absolute Gasteiger partial charge is 0.349 e. The van der Waals surface area contributed by atoms with Gasteiger partial charge in [0.15, 0.2) is 0 Å². The van der Waals surface area contributed by atoms with Crippen LogP contribution in [0.3, 0.4) is 0 Å². The topological polar surface area (TPSA) is 20.3 Å². The lowest BCUT2D eigenvalue weighted by atomic mass is 9.88. The molecule has 0 heterocycles. The fraction of sp³-hybridized carbons (Fsp3) is 0.900. The maximum Gasteiger partial charge on any atom is 0.225 e. The van der Waals surface area contributed by atoms with Gasteiger partial charge in [0.05, 0.1) is 0 Å². The van der Waals surface area contributed by atoms with E-state index in [2.05, 4.69) is 20.8 Å². The monoisotopic (exact) mass is 171 g/mol. The number of rotatable bonds is 4. The Kier molecular flexibility index (Phi) is 4.95. The quantitative estimate of drug-likeness (QED) is 0.634.